The Balaban J connectivity index is 1.07. The van der Waals surface area contributed by atoms with E-state index in [0.29, 0.717) is 37.8 Å². The Labute approximate surface area is 287 Å². The lowest BCUT2D eigenvalue weighted by atomic mass is 9.47. The molecule has 4 aliphatic carbocycles. The van der Waals surface area contributed by atoms with E-state index in [9.17, 15) is 24.3 Å². The monoisotopic (exact) mass is 681 g/mol. The third kappa shape index (κ3) is 7.86. The molecule has 12 heteroatoms. The van der Waals surface area contributed by atoms with Gasteiger partial charge in [-0.2, -0.15) is 0 Å². The number of unbranched alkanes of at least 4 members (excludes halogenated alkanes) is 1. The second kappa shape index (κ2) is 15.4. The molecule has 0 aromatic carbocycles. The van der Waals surface area contributed by atoms with Crippen LogP contribution in [0.1, 0.15) is 81.8 Å². The quantitative estimate of drug-likeness (QED) is 0.0956. The minimum absolute atomic E-state index is 0.0127. The molecule has 1 heterocycles. The molecule has 1 aromatic rings. The molecular formula is C37H51N3O9. The van der Waals surface area contributed by atoms with Crippen LogP contribution in [-0.4, -0.2) is 67.0 Å². The normalized spacial score (nSPS) is 32.2. The fraction of sp³-hybridized carbons (Fsp3) is 0.622. The van der Waals surface area contributed by atoms with Crippen LogP contribution < -0.4 is 16.4 Å². The number of alkyl carbamates (subject to hydrolysis) is 1. The molecule has 0 spiro atoms. The average Bonchev–Trinajstić information content (AvgIpc) is 3.63. The van der Waals surface area contributed by atoms with Crippen LogP contribution in [0.15, 0.2) is 53.2 Å². The van der Waals surface area contributed by atoms with Crippen LogP contribution in [0.4, 0.5) is 4.79 Å². The molecule has 8 unspecified atom stereocenters. The van der Waals surface area contributed by atoms with E-state index in [-0.39, 0.29) is 72.6 Å². The molecule has 49 heavy (non-hydrogen) atoms. The molecule has 5 N–H and O–H groups in total. The number of aliphatic hydroxyl groups is 1. The molecule has 12 nitrogen and oxygen atoms in total. The van der Waals surface area contributed by atoms with Gasteiger partial charge in [0.1, 0.15) is 19.4 Å². The summed E-state index contributed by atoms with van der Waals surface area (Å²) >= 11 is 0. The number of rotatable bonds is 14. The zero-order valence-corrected chi connectivity index (χ0v) is 28.8. The fourth-order valence-electron chi connectivity index (χ4n) is 9.05. The first-order chi connectivity index (χ1) is 23.4. The standard InChI is InChI=1S/C37H51N3O9/c1-5-14-47-35(45)39-13-7-6-8-28(38)33(43)40-21-46-19-23-16-30(48-20-23)34(44)49-32-22(2)15-27-26-10-9-24-17-25(41)11-12-36(24,3)31(26)29(42)18-37(27,32)4/h5,11-12,16-17,20,22,26-29,31-32,42H,1,6-10,13-15,18-19,21,38H2,2-4H3,(H,39,45)(H,40,43)/t22?,26?,27?,28-,29?,31?,32?,36?,37?/m0/s1. The lowest BCUT2D eigenvalue weighted by Crippen LogP contribution is -2.57. The molecule has 5 rings (SSSR count). The van der Waals surface area contributed by atoms with Gasteiger partial charge in [-0.1, -0.05) is 45.1 Å². The third-order valence-corrected chi connectivity index (χ3v) is 11.3. The summed E-state index contributed by atoms with van der Waals surface area (Å²) in [6, 6.07) is 0.863. The number of nitrogens with one attached hydrogen (secondary N) is 2. The first-order valence-corrected chi connectivity index (χ1v) is 17.4. The highest BCUT2D eigenvalue weighted by Crippen LogP contribution is 2.66. The average molecular weight is 682 g/mol. The van der Waals surface area contributed by atoms with E-state index in [1.807, 2.05) is 6.08 Å². The zero-order valence-electron chi connectivity index (χ0n) is 28.8. The first-order valence-electron chi connectivity index (χ1n) is 17.4. The topological polar surface area (TPSA) is 179 Å². The molecule has 2 amide bonds. The number of carbonyl (C=O) groups is 4. The Morgan fingerprint density at radius 2 is 2.04 bits per heavy atom. The number of furan rings is 1. The summed E-state index contributed by atoms with van der Waals surface area (Å²) in [6.07, 6.45) is 11.7. The summed E-state index contributed by atoms with van der Waals surface area (Å²) in [5.74, 6) is -0.176. The Morgan fingerprint density at radius 3 is 2.82 bits per heavy atom. The van der Waals surface area contributed by atoms with Crippen LogP contribution in [0.2, 0.25) is 0 Å². The molecule has 0 aliphatic heterocycles. The molecule has 0 bridgehead atoms. The van der Waals surface area contributed by atoms with E-state index in [2.05, 4.69) is 38.0 Å². The second-order valence-electron chi connectivity index (χ2n) is 14.6. The lowest BCUT2D eigenvalue weighted by Gasteiger charge is -2.58. The van der Waals surface area contributed by atoms with Crippen molar-refractivity contribution in [1.82, 2.24) is 10.6 Å². The van der Waals surface area contributed by atoms with Gasteiger partial charge in [-0.3, -0.25) is 9.59 Å². The summed E-state index contributed by atoms with van der Waals surface area (Å²) in [7, 11) is 0. The largest absolute Gasteiger partial charge is 0.457 e. The SMILES string of the molecule is C=CCOC(=O)NCCCC[C@H](N)C(=O)NCOCc1coc(C(=O)OC2C(C)CC3C4CCC5=CC(=O)C=CC5(C)C4C(O)CC32C)c1. The van der Waals surface area contributed by atoms with Crippen molar-refractivity contribution in [2.24, 2.45) is 40.2 Å². The number of ketones is 1. The number of hydrogen-bond donors (Lipinski definition) is 4. The predicted molar refractivity (Wildman–Crippen MR) is 180 cm³/mol. The molecule has 268 valence electrons. The highest BCUT2D eigenvalue weighted by Gasteiger charge is 2.64. The Hall–Kier alpha value is -3.74. The molecule has 3 saturated carbocycles. The zero-order chi connectivity index (χ0) is 35.3. The van der Waals surface area contributed by atoms with Gasteiger partial charge in [0.05, 0.1) is 25.0 Å². The highest BCUT2D eigenvalue weighted by atomic mass is 16.6. The number of allylic oxidation sites excluding steroid dienone is 4. The van der Waals surface area contributed by atoms with Gasteiger partial charge in [-0.25, -0.2) is 9.59 Å². The van der Waals surface area contributed by atoms with E-state index in [1.54, 1.807) is 18.2 Å². The van der Waals surface area contributed by atoms with Crippen LogP contribution in [0, 0.1) is 34.5 Å². The van der Waals surface area contributed by atoms with Crippen molar-refractivity contribution in [3.05, 3.63) is 60.1 Å². The molecule has 1 aromatic heterocycles. The fourth-order valence-corrected chi connectivity index (χ4v) is 9.05. The Morgan fingerprint density at radius 1 is 1.24 bits per heavy atom. The molecule has 9 atom stereocenters. The molecule has 4 aliphatic rings. The van der Waals surface area contributed by atoms with Crippen molar-refractivity contribution in [2.75, 3.05) is 19.9 Å². The van der Waals surface area contributed by atoms with Gasteiger partial charge in [0, 0.05) is 28.9 Å². The van der Waals surface area contributed by atoms with Crippen LogP contribution in [0.5, 0.6) is 0 Å². The first kappa shape index (κ1) is 36.5. The number of aliphatic hydroxyl groups excluding tert-OH is 1. The van der Waals surface area contributed by atoms with Gasteiger partial charge < -0.3 is 40.1 Å². The van der Waals surface area contributed by atoms with Gasteiger partial charge >= 0.3 is 12.1 Å². The number of amides is 2. The van der Waals surface area contributed by atoms with E-state index in [1.165, 1.54) is 12.3 Å². The number of fused-ring (bicyclic) bond motifs is 5. The summed E-state index contributed by atoms with van der Waals surface area (Å²) in [6.45, 7) is 10.5. The number of hydrogen-bond acceptors (Lipinski definition) is 10. The van der Waals surface area contributed by atoms with Crippen molar-refractivity contribution < 1.29 is 42.9 Å². The summed E-state index contributed by atoms with van der Waals surface area (Å²) < 4.78 is 22.1. The van der Waals surface area contributed by atoms with Gasteiger partial charge in [0.2, 0.25) is 11.7 Å². The van der Waals surface area contributed by atoms with Gasteiger partial charge in [-0.15, -0.1) is 0 Å². The number of nitrogens with two attached hydrogens (primary N) is 1. The van der Waals surface area contributed by atoms with E-state index < -0.39 is 29.6 Å². The third-order valence-electron chi connectivity index (χ3n) is 11.3. The maximum atomic E-state index is 13.3. The van der Waals surface area contributed by atoms with Crippen molar-refractivity contribution in [3.8, 4) is 0 Å². The van der Waals surface area contributed by atoms with Gasteiger partial charge in [0.25, 0.3) is 0 Å². The minimum Gasteiger partial charge on any atom is -0.457 e. The summed E-state index contributed by atoms with van der Waals surface area (Å²) in [5, 5.41) is 16.9. The molecule has 0 saturated heterocycles. The van der Waals surface area contributed by atoms with Crippen LogP contribution in [-0.2, 0) is 30.4 Å². The van der Waals surface area contributed by atoms with Crippen LogP contribution in [0.3, 0.4) is 0 Å². The van der Waals surface area contributed by atoms with Gasteiger partial charge in [-0.05, 0) is 80.9 Å². The van der Waals surface area contributed by atoms with E-state index in [0.717, 1.165) is 24.8 Å². The van der Waals surface area contributed by atoms with Crippen molar-refractivity contribution >= 4 is 23.8 Å². The van der Waals surface area contributed by atoms with Crippen molar-refractivity contribution in [2.45, 2.75) is 90.6 Å². The number of esters is 1. The molecular weight excluding hydrogens is 630 g/mol. The number of carbonyl (C=O) groups excluding carboxylic acids is 4. The van der Waals surface area contributed by atoms with Crippen LogP contribution >= 0.6 is 0 Å². The number of ether oxygens (including phenoxy) is 3. The molecule has 3 fully saturated rings. The smallest absolute Gasteiger partial charge is 0.407 e. The van der Waals surface area contributed by atoms with E-state index >= 15 is 0 Å². The summed E-state index contributed by atoms with van der Waals surface area (Å²) in [4.78, 5) is 49.2. The minimum atomic E-state index is -0.715. The van der Waals surface area contributed by atoms with E-state index in [4.69, 9.17) is 24.4 Å². The van der Waals surface area contributed by atoms with Crippen LogP contribution in [0.25, 0.3) is 0 Å². The predicted octanol–water partition coefficient (Wildman–Crippen LogP) is 4.33. The van der Waals surface area contributed by atoms with Gasteiger partial charge in [0.15, 0.2) is 5.78 Å². The Kier molecular flexibility index (Phi) is 11.5. The Bertz CT molecular complexity index is 1470. The van der Waals surface area contributed by atoms with Crippen molar-refractivity contribution in [1.29, 1.82) is 0 Å². The second-order valence-corrected chi connectivity index (χ2v) is 14.6. The van der Waals surface area contributed by atoms with Crippen molar-refractivity contribution in [3.63, 3.8) is 0 Å². The molecule has 0 radical (unpaired) electrons. The maximum absolute atomic E-state index is 13.3. The maximum Gasteiger partial charge on any atom is 0.407 e. The summed E-state index contributed by atoms with van der Waals surface area (Å²) in [5.41, 5.74) is 6.96. The lowest BCUT2D eigenvalue weighted by molar-refractivity contribution is -0.133. The highest BCUT2D eigenvalue weighted by molar-refractivity contribution is 6.01.